The van der Waals surface area contributed by atoms with Crippen LogP contribution < -0.4 is 4.72 Å². The van der Waals surface area contributed by atoms with Crippen molar-refractivity contribution in [3.05, 3.63) is 66.0 Å². The SMILES string of the molecule is CC(C)OCCOC(=O)[C@H](Cc1ccccc1)NS(=O)(=O)c1ccccc1F. The van der Waals surface area contributed by atoms with E-state index >= 15 is 0 Å². The van der Waals surface area contributed by atoms with Crippen molar-refractivity contribution >= 4 is 16.0 Å². The number of esters is 1. The van der Waals surface area contributed by atoms with E-state index in [-0.39, 0.29) is 25.7 Å². The lowest BCUT2D eigenvalue weighted by Gasteiger charge is -2.18. The second-order valence-corrected chi connectivity index (χ2v) is 8.06. The number of benzene rings is 2. The minimum absolute atomic E-state index is 0.0102. The van der Waals surface area contributed by atoms with Crippen LogP contribution in [0.25, 0.3) is 0 Å². The van der Waals surface area contributed by atoms with Crippen molar-refractivity contribution in [1.29, 1.82) is 0 Å². The number of carbonyl (C=O) groups excluding carboxylic acids is 1. The van der Waals surface area contributed by atoms with Crippen molar-refractivity contribution in [2.45, 2.75) is 37.3 Å². The summed E-state index contributed by atoms with van der Waals surface area (Å²) in [6.07, 6.45) is 0.0525. The lowest BCUT2D eigenvalue weighted by Crippen LogP contribution is -2.43. The Morgan fingerprint density at radius 3 is 2.32 bits per heavy atom. The first-order chi connectivity index (χ1) is 13.3. The van der Waals surface area contributed by atoms with Crippen LogP contribution in [-0.2, 0) is 30.7 Å². The first-order valence-electron chi connectivity index (χ1n) is 8.88. The van der Waals surface area contributed by atoms with E-state index in [0.717, 1.165) is 17.7 Å². The monoisotopic (exact) mass is 409 g/mol. The Hall–Kier alpha value is -2.29. The molecule has 0 aliphatic rings. The molecule has 0 saturated carbocycles. The van der Waals surface area contributed by atoms with Gasteiger partial charge in [0.2, 0.25) is 10.0 Å². The summed E-state index contributed by atoms with van der Waals surface area (Å²) in [5.41, 5.74) is 0.735. The molecule has 0 aliphatic heterocycles. The molecule has 0 aliphatic carbocycles. The first kappa shape index (κ1) is 22.0. The maximum Gasteiger partial charge on any atom is 0.324 e. The van der Waals surface area contributed by atoms with Crippen LogP contribution in [0, 0.1) is 5.82 Å². The normalized spacial score (nSPS) is 12.7. The molecule has 2 aromatic carbocycles. The summed E-state index contributed by atoms with van der Waals surface area (Å²) in [6.45, 7) is 3.89. The van der Waals surface area contributed by atoms with Crippen LogP contribution >= 0.6 is 0 Å². The van der Waals surface area contributed by atoms with E-state index in [9.17, 15) is 17.6 Å². The molecule has 0 fully saturated rings. The molecule has 2 rings (SSSR count). The third kappa shape index (κ3) is 6.70. The van der Waals surface area contributed by atoms with Crippen LogP contribution in [-0.4, -0.2) is 39.7 Å². The van der Waals surface area contributed by atoms with Crippen LogP contribution in [0.5, 0.6) is 0 Å². The quantitative estimate of drug-likeness (QED) is 0.482. The summed E-state index contributed by atoms with van der Waals surface area (Å²) in [7, 11) is -4.26. The summed E-state index contributed by atoms with van der Waals surface area (Å²) < 4.78 is 51.9. The lowest BCUT2D eigenvalue weighted by atomic mass is 10.1. The topological polar surface area (TPSA) is 81.7 Å². The van der Waals surface area contributed by atoms with E-state index in [2.05, 4.69) is 4.72 Å². The van der Waals surface area contributed by atoms with Gasteiger partial charge in [0.05, 0.1) is 12.7 Å². The van der Waals surface area contributed by atoms with Crippen molar-refractivity contribution in [3.8, 4) is 0 Å². The number of carbonyl (C=O) groups is 1. The zero-order valence-corrected chi connectivity index (χ0v) is 16.6. The van der Waals surface area contributed by atoms with Crippen LogP contribution in [0.4, 0.5) is 4.39 Å². The summed E-state index contributed by atoms with van der Waals surface area (Å²) in [5.74, 6) is -1.65. The number of hydrogen-bond acceptors (Lipinski definition) is 5. The van der Waals surface area contributed by atoms with E-state index in [1.165, 1.54) is 12.1 Å². The molecule has 1 N–H and O–H groups in total. The van der Waals surface area contributed by atoms with Gasteiger partial charge in [-0.3, -0.25) is 4.79 Å². The Balaban J connectivity index is 2.15. The van der Waals surface area contributed by atoms with Crippen LogP contribution in [0.3, 0.4) is 0 Å². The minimum Gasteiger partial charge on any atom is -0.462 e. The highest BCUT2D eigenvalue weighted by Gasteiger charge is 2.29. The Labute approximate surface area is 164 Å². The predicted octanol–water partition coefficient (Wildman–Crippen LogP) is 2.68. The fourth-order valence-corrected chi connectivity index (χ4v) is 3.73. The molecule has 0 saturated heterocycles. The zero-order chi connectivity index (χ0) is 20.6. The summed E-state index contributed by atoms with van der Waals surface area (Å²) in [4.78, 5) is 12.0. The van der Waals surface area contributed by atoms with Crippen LogP contribution in [0.15, 0.2) is 59.5 Å². The molecule has 2 aromatic rings. The van der Waals surface area contributed by atoms with Crippen molar-refractivity contribution in [2.24, 2.45) is 0 Å². The van der Waals surface area contributed by atoms with Crippen LogP contribution in [0.1, 0.15) is 19.4 Å². The molecule has 0 radical (unpaired) electrons. The highest BCUT2D eigenvalue weighted by Crippen LogP contribution is 2.15. The smallest absolute Gasteiger partial charge is 0.324 e. The Kier molecular flexibility index (Phi) is 8.10. The molecule has 0 heterocycles. The summed E-state index contributed by atoms with van der Waals surface area (Å²) >= 11 is 0. The average molecular weight is 409 g/mol. The fourth-order valence-electron chi connectivity index (χ4n) is 2.46. The summed E-state index contributed by atoms with van der Waals surface area (Å²) in [5, 5.41) is 0. The number of sulfonamides is 1. The maximum absolute atomic E-state index is 13.9. The lowest BCUT2D eigenvalue weighted by molar-refractivity contribution is -0.147. The van der Waals surface area contributed by atoms with Gasteiger partial charge in [0.15, 0.2) is 0 Å². The second-order valence-electron chi connectivity index (χ2n) is 6.38. The van der Waals surface area contributed by atoms with Gasteiger partial charge in [-0.05, 0) is 38.0 Å². The van der Waals surface area contributed by atoms with E-state index < -0.39 is 32.7 Å². The molecular weight excluding hydrogens is 385 g/mol. The fraction of sp³-hybridized carbons (Fsp3) is 0.350. The standard InChI is InChI=1S/C20H24FNO5S/c1-15(2)26-12-13-27-20(23)18(14-16-8-4-3-5-9-16)22-28(24,25)19-11-7-6-10-17(19)21/h3-11,15,18,22H,12-14H2,1-2H3/t18-/m0/s1. The molecule has 6 nitrogen and oxygen atoms in total. The van der Waals surface area contributed by atoms with Crippen molar-refractivity contribution < 1.29 is 27.1 Å². The highest BCUT2D eigenvalue weighted by molar-refractivity contribution is 7.89. The average Bonchev–Trinajstić information content (AvgIpc) is 2.65. The van der Waals surface area contributed by atoms with Crippen LogP contribution in [0.2, 0.25) is 0 Å². The van der Waals surface area contributed by atoms with E-state index in [4.69, 9.17) is 9.47 Å². The third-order valence-corrected chi connectivity index (χ3v) is 5.27. The number of nitrogens with one attached hydrogen (secondary N) is 1. The largest absolute Gasteiger partial charge is 0.462 e. The second kappa shape index (κ2) is 10.3. The van der Waals surface area contributed by atoms with Gasteiger partial charge >= 0.3 is 5.97 Å². The zero-order valence-electron chi connectivity index (χ0n) is 15.8. The van der Waals surface area contributed by atoms with Gasteiger partial charge in [0.25, 0.3) is 0 Å². The van der Waals surface area contributed by atoms with Crippen molar-refractivity contribution in [3.63, 3.8) is 0 Å². The number of rotatable bonds is 10. The number of hydrogen-bond donors (Lipinski definition) is 1. The third-order valence-electron chi connectivity index (χ3n) is 3.77. The molecule has 28 heavy (non-hydrogen) atoms. The maximum atomic E-state index is 13.9. The molecule has 1 atom stereocenters. The molecule has 0 spiro atoms. The van der Waals surface area contributed by atoms with Crippen molar-refractivity contribution in [1.82, 2.24) is 4.72 Å². The summed E-state index contributed by atoms with van der Waals surface area (Å²) in [6, 6.07) is 12.7. The minimum atomic E-state index is -4.26. The Morgan fingerprint density at radius 1 is 1.04 bits per heavy atom. The van der Waals surface area contributed by atoms with Gasteiger partial charge in [-0.2, -0.15) is 4.72 Å². The molecule has 0 unspecified atom stereocenters. The van der Waals surface area contributed by atoms with E-state index in [1.54, 1.807) is 24.3 Å². The van der Waals surface area contributed by atoms with Gasteiger partial charge in [-0.15, -0.1) is 0 Å². The van der Waals surface area contributed by atoms with Gasteiger partial charge in [-0.25, -0.2) is 12.8 Å². The molecule has 8 heteroatoms. The number of ether oxygens (including phenoxy) is 2. The van der Waals surface area contributed by atoms with E-state index in [1.807, 2.05) is 19.9 Å². The molecule has 152 valence electrons. The highest BCUT2D eigenvalue weighted by atomic mass is 32.2. The van der Waals surface area contributed by atoms with Gasteiger partial charge in [-0.1, -0.05) is 42.5 Å². The van der Waals surface area contributed by atoms with Crippen molar-refractivity contribution in [2.75, 3.05) is 13.2 Å². The van der Waals surface area contributed by atoms with E-state index in [0.29, 0.717) is 0 Å². The van der Waals surface area contributed by atoms with Gasteiger partial charge in [0, 0.05) is 0 Å². The van der Waals surface area contributed by atoms with Gasteiger partial charge in [0.1, 0.15) is 23.4 Å². The Morgan fingerprint density at radius 2 is 1.68 bits per heavy atom. The molecule has 0 bridgehead atoms. The van der Waals surface area contributed by atoms with Gasteiger partial charge < -0.3 is 9.47 Å². The molecular formula is C20H24FNO5S. The molecule has 0 amide bonds. The first-order valence-corrected chi connectivity index (χ1v) is 10.4. The number of halogens is 1. The molecule has 0 aromatic heterocycles. The Bertz CT molecular complexity index is 871. The predicted molar refractivity (Wildman–Crippen MR) is 103 cm³/mol.